The van der Waals surface area contributed by atoms with Crippen molar-refractivity contribution in [1.29, 1.82) is 0 Å². The van der Waals surface area contributed by atoms with Crippen LogP contribution in [0.1, 0.15) is 50.8 Å². The third kappa shape index (κ3) is 3.41. The first-order valence-corrected chi connectivity index (χ1v) is 7.13. The van der Waals surface area contributed by atoms with Crippen molar-refractivity contribution < 1.29 is 9.53 Å². The summed E-state index contributed by atoms with van der Waals surface area (Å²) in [6.45, 7) is 10.2. The van der Waals surface area contributed by atoms with Crippen molar-refractivity contribution >= 4 is 12.2 Å². The molecule has 1 amide bonds. The number of carbonyl (C=O) groups is 1. The summed E-state index contributed by atoms with van der Waals surface area (Å²) in [6.07, 6.45) is 3.61. The van der Waals surface area contributed by atoms with Gasteiger partial charge < -0.3 is 9.64 Å². The van der Waals surface area contributed by atoms with Crippen molar-refractivity contribution in [2.75, 3.05) is 6.54 Å². The molecule has 3 nitrogen and oxygen atoms in total. The Morgan fingerprint density at radius 1 is 1.45 bits per heavy atom. The molecule has 1 aromatic carbocycles. The maximum Gasteiger partial charge on any atom is 0.410 e. The molecule has 0 saturated carbocycles. The van der Waals surface area contributed by atoms with Crippen LogP contribution >= 0.6 is 0 Å². The summed E-state index contributed by atoms with van der Waals surface area (Å²) in [4.78, 5) is 14.1. The number of nitrogens with zero attached hydrogens (tertiary/aromatic N) is 1. The normalized spacial score (nSPS) is 18.9. The fourth-order valence-electron chi connectivity index (χ4n) is 2.55. The highest BCUT2D eigenvalue weighted by Gasteiger charge is 2.33. The van der Waals surface area contributed by atoms with E-state index in [2.05, 4.69) is 18.7 Å². The Morgan fingerprint density at radius 3 is 2.85 bits per heavy atom. The molecule has 0 spiro atoms. The molecular formula is C17H23NO2. The number of benzene rings is 1. The lowest BCUT2D eigenvalue weighted by Gasteiger charge is -2.29. The third-order valence-corrected chi connectivity index (χ3v) is 3.41. The van der Waals surface area contributed by atoms with Crippen LogP contribution in [0.2, 0.25) is 0 Å². The maximum atomic E-state index is 12.3. The minimum absolute atomic E-state index is 0.116. The summed E-state index contributed by atoms with van der Waals surface area (Å²) in [5, 5.41) is 0. The van der Waals surface area contributed by atoms with Crippen LogP contribution in [-0.4, -0.2) is 23.1 Å². The quantitative estimate of drug-likeness (QED) is 0.799. The van der Waals surface area contributed by atoms with E-state index in [1.165, 1.54) is 0 Å². The van der Waals surface area contributed by atoms with E-state index < -0.39 is 5.60 Å². The predicted octanol–water partition coefficient (Wildman–Crippen LogP) is 4.40. The largest absolute Gasteiger partial charge is 0.444 e. The Hall–Kier alpha value is -1.77. The Bertz CT molecular complexity index is 502. The zero-order valence-corrected chi connectivity index (χ0v) is 12.6. The predicted molar refractivity (Wildman–Crippen MR) is 81.4 cm³/mol. The summed E-state index contributed by atoms with van der Waals surface area (Å²) in [6, 6.07) is 8.31. The zero-order chi connectivity index (χ0) is 14.8. The number of hydrogen-bond donors (Lipinski definition) is 0. The SMILES string of the molecule is C=Cc1cccc(C2CCCN2C(=O)OC(C)(C)C)c1. The first-order chi connectivity index (χ1) is 9.40. The Balaban J connectivity index is 2.18. The lowest BCUT2D eigenvalue weighted by atomic mass is 10.0. The Kier molecular flexibility index (Phi) is 4.17. The second-order valence-electron chi connectivity index (χ2n) is 6.21. The number of likely N-dealkylation sites (tertiary alicyclic amines) is 1. The molecule has 0 bridgehead atoms. The first kappa shape index (κ1) is 14.6. The van der Waals surface area contributed by atoms with Gasteiger partial charge in [0, 0.05) is 6.54 Å². The summed E-state index contributed by atoms with van der Waals surface area (Å²) >= 11 is 0. The molecule has 1 aromatic rings. The summed E-state index contributed by atoms with van der Waals surface area (Å²) < 4.78 is 5.50. The molecule has 1 aliphatic rings. The summed E-state index contributed by atoms with van der Waals surface area (Å²) in [7, 11) is 0. The average Bonchev–Trinajstić information content (AvgIpc) is 2.86. The van der Waals surface area contributed by atoms with Gasteiger partial charge in [0.2, 0.25) is 0 Å². The van der Waals surface area contributed by atoms with E-state index in [1.54, 1.807) is 0 Å². The molecule has 3 heteroatoms. The third-order valence-electron chi connectivity index (χ3n) is 3.41. The maximum absolute atomic E-state index is 12.3. The van der Waals surface area contributed by atoms with Crippen LogP contribution in [-0.2, 0) is 4.74 Å². The van der Waals surface area contributed by atoms with Crippen LogP contribution in [0.3, 0.4) is 0 Å². The molecule has 1 fully saturated rings. The second kappa shape index (κ2) is 5.70. The molecule has 108 valence electrons. The van der Waals surface area contributed by atoms with Gasteiger partial charge in [-0.15, -0.1) is 0 Å². The molecule has 0 aromatic heterocycles. The molecule has 2 rings (SSSR count). The smallest absolute Gasteiger partial charge is 0.410 e. The van der Waals surface area contributed by atoms with Gasteiger partial charge in [0.25, 0.3) is 0 Å². The number of carbonyl (C=O) groups excluding carboxylic acids is 1. The van der Waals surface area contributed by atoms with E-state index in [1.807, 2.05) is 43.9 Å². The van der Waals surface area contributed by atoms with Gasteiger partial charge in [-0.05, 0) is 50.8 Å². The number of amides is 1. The first-order valence-electron chi connectivity index (χ1n) is 7.13. The van der Waals surface area contributed by atoms with Crippen LogP contribution in [0.15, 0.2) is 30.8 Å². The second-order valence-corrected chi connectivity index (χ2v) is 6.21. The van der Waals surface area contributed by atoms with Crippen LogP contribution < -0.4 is 0 Å². The molecule has 1 unspecified atom stereocenters. The topological polar surface area (TPSA) is 29.5 Å². The highest BCUT2D eigenvalue weighted by molar-refractivity contribution is 5.69. The van der Waals surface area contributed by atoms with E-state index >= 15 is 0 Å². The fraction of sp³-hybridized carbons (Fsp3) is 0.471. The van der Waals surface area contributed by atoms with E-state index in [-0.39, 0.29) is 12.1 Å². The van der Waals surface area contributed by atoms with Gasteiger partial charge in [-0.1, -0.05) is 30.9 Å². The van der Waals surface area contributed by atoms with Crippen LogP contribution in [0, 0.1) is 0 Å². The standard InChI is InChI=1S/C17H23NO2/c1-5-13-8-6-9-14(12-13)15-10-7-11-18(15)16(19)20-17(2,3)4/h5-6,8-9,12,15H,1,7,10-11H2,2-4H3. The fourth-order valence-corrected chi connectivity index (χ4v) is 2.55. The number of rotatable bonds is 2. The minimum atomic E-state index is -0.451. The van der Waals surface area contributed by atoms with Crippen molar-refractivity contribution in [3.05, 3.63) is 42.0 Å². The average molecular weight is 273 g/mol. The van der Waals surface area contributed by atoms with Gasteiger partial charge in [-0.3, -0.25) is 0 Å². The van der Waals surface area contributed by atoms with Gasteiger partial charge in [-0.2, -0.15) is 0 Å². The highest BCUT2D eigenvalue weighted by atomic mass is 16.6. The van der Waals surface area contributed by atoms with Crippen molar-refractivity contribution in [1.82, 2.24) is 4.90 Å². The number of ether oxygens (including phenoxy) is 1. The lowest BCUT2D eigenvalue weighted by Crippen LogP contribution is -2.36. The lowest BCUT2D eigenvalue weighted by molar-refractivity contribution is 0.0224. The Morgan fingerprint density at radius 2 is 2.20 bits per heavy atom. The van der Waals surface area contributed by atoms with Crippen LogP contribution in [0.4, 0.5) is 4.79 Å². The molecule has 0 N–H and O–H groups in total. The van der Waals surface area contributed by atoms with Crippen molar-refractivity contribution in [3.8, 4) is 0 Å². The minimum Gasteiger partial charge on any atom is -0.444 e. The van der Waals surface area contributed by atoms with E-state index in [4.69, 9.17) is 4.74 Å². The molecule has 0 radical (unpaired) electrons. The molecule has 1 atom stereocenters. The van der Waals surface area contributed by atoms with Gasteiger partial charge >= 0.3 is 6.09 Å². The van der Waals surface area contributed by atoms with Gasteiger partial charge in [0.15, 0.2) is 0 Å². The molecule has 1 saturated heterocycles. The molecule has 1 heterocycles. The van der Waals surface area contributed by atoms with Gasteiger partial charge in [0.05, 0.1) is 6.04 Å². The van der Waals surface area contributed by atoms with Crippen molar-refractivity contribution in [2.45, 2.75) is 45.3 Å². The molecule has 0 aliphatic carbocycles. The van der Waals surface area contributed by atoms with Crippen molar-refractivity contribution in [2.24, 2.45) is 0 Å². The van der Waals surface area contributed by atoms with E-state index in [0.29, 0.717) is 0 Å². The van der Waals surface area contributed by atoms with Gasteiger partial charge in [0.1, 0.15) is 5.60 Å². The Labute approximate surface area is 121 Å². The van der Waals surface area contributed by atoms with Crippen LogP contribution in [0.5, 0.6) is 0 Å². The molecular weight excluding hydrogens is 250 g/mol. The molecule has 20 heavy (non-hydrogen) atoms. The van der Waals surface area contributed by atoms with E-state index in [9.17, 15) is 4.79 Å². The highest BCUT2D eigenvalue weighted by Crippen LogP contribution is 2.33. The van der Waals surface area contributed by atoms with Crippen LogP contribution in [0.25, 0.3) is 6.08 Å². The van der Waals surface area contributed by atoms with Crippen molar-refractivity contribution in [3.63, 3.8) is 0 Å². The monoisotopic (exact) mass is 273 g/mol. The van der Waals surface area contributed by atoms with Gasteiger partial charge in [-0.25, -0.2) is 4.79 Å². The summed E-state index contributed by atoms with van der Waals surface area (Å²) in [5.41, 5.74) is 1.79. The molecule has 1 aliphatic heterocycles. The zero-order valence-electron chi connectivity index (χ0n) is 12.6. The summed E-state index contributed by atoms with van der Waals surface area (Å²) in [5.74, 6) is 0. The van der Waals surface area contributed by atoms with E-state index in [0.717, 1.165) is 30.5 Å². The number of hydrogen-bond acceptors (Lipinski definition) is 2.